The highest BCUT2D eigenvalue weighted by atomic mass is 19.1. The van der Waals surface area contributed by atoms with Crippen LogP contribution in [-0.4, -0.2) is 22.9 Å². The first-order valence-electron chi connectivity index (χ1n) is 7.66. The lowest BCUT2D eigenvalue weighted by atomic mass is 9.99. The van der Waals surface area contributed by atoms with Gasteiger partial charge in [-0.2, -0.15) is 0 Å². The molecule has 25 heavy (non-hydrogen) atoms. The van der Waals surface area contributed by atoms with Crippen molar-refractivity contribution >= 4 is 23.5 Å². The van der Waals surface area contributed by atoms with Crippen LogP contribution in [-0.2, 0) is 16.0 Å². The van der Waals surface area contributed by atoms with Crippen LogP contribution < -0.4 is 10.6 Å². The monoisotopic (exact) mass is 342 g/mol. The fourth-order valence-electron chi connectivity index (χ4n) is 2.72. The molecule has 128 valence electrons. The summed E-state index contributed by atoms with van der Waals surface area (Å²) in [5, 5.41) is 14.2. The summed E-state index contributed by atoms with van der Waals surface area (Å²) in [6.45, 7) is 0. The van der Waals surface area contributed by atoms with Crippen molar-refractivity contribution < 1.29 is 23.9 Å². The van der Waals surface area contributed by atoms with Crippen molar-refractivity contribution in [1.82, 2.24) is 5.32 Å². The number of carbonyl (C=O) groups excluding carboxylic acids is 2. The molecule has 1 heterocycles. The Morgan fingerprint density at radius 1 is 1.16 bits per heavy atom. The fraction of sp³-hybridized carbons (Fsp3) is 0.167. The quantitative estimate of drug-likeness (QED) is 0.794. The molecule has 1 aliphatic heterocycles. The van der Waals surface area contributed by atoms with Gasteiger partial charge in [-0.15, -0.1) is 0 Å². The van der Waals surface area contributed by atoms with Gasteiger partial charge in [-0.1, -0.05) is 30.3 Å². The van der Waals surface area contributed by atoms with Crippen LogP contribution in [0.4, 0.5) is 10.1 Å². The second-order valence-electron chi connectivity index (χ2n) is 5.69. The first-order chi connectivity index (χ1) is 12.0. The maximum atomic E-state index is 14.2. The summed E-state index contributed by atoms with van der Waals surface area (Å²) in [7, 11) is 0. The molecule has 0 saturated heterocycles. The van der Waals surface area contributed by atoms with Crippen molar-refractivity contribution in [3.05, 3.63) is 65.0 Å². The van der Waals surface area contributed by atoms with Crippen LogP contribution in [0.25, 0.3) is 0 Å². The van der Waals surface area contributed by atoms with Crippen LogP contribution in [0.15, 0.2) is 42.5 Å². The van der Waals surface area contributed by atoms with Gasteiger partial charge in [-0.3, -0.25) is 9.59 Å². The van der Waals surface area contributed by atoms with Crippen LogP contribution in [0.2, 0.25) is 0 Å². The number of carbonyl (C=O) groups is 3. The number of rotatable bonds is 4. The van der Waals surface area contributed by atoms with E-state index in [9.17, 15) is 23.9 Å². The molecule has 3 rings (SSSR count). The Kier molecular flexibility index (Phi) is 4.47. The molecule has 0 fully saturated rings. The van der Waals surface area contributed by atoms with Crippen molar-refractivity contribution in [2.24, 2.45) is 0 Å². The molecule has 7 heteroatoms. The zero-order chi connectivity index (χ0) is 18.0. The van der Waals surface area contributed by atoms with Crippen LogP contribution >= 0.6 is 0 Å². The van der Waals surface area contributed by atoms with Gasteiger partial charge in [0.05, 0.1) is 5.56 Å². The van der Waals surface area contributed by atoms with Gasteiger partial charge in [0.1, 0.15) is 5.82 Å². The zero-order valence-electron chi connectivity index (χ0n) is 13.1. The van der Waals surface area contributed by atoms with Gasteiger partial charge in [-0.25, -0.2) is 9.18 Å². The summed E-state index contributed by atoms with van der Waals surface area (Å²) in [6.07, 6.45) is 0.643. The number of aliphatic carboxylic acids is 1. The molecule has 0 saturated carbocycles. The number of fused-ring (bicyclic) bond motifs is 1. The topological polar surface area (TPSA) is 95.5 Å². The summed E-state index contributed by atoms with van der Waals surface area (Å²) in [5.41, 5.74) is 1.10. The number of nitrogens with one attached hydrogen (secondary N) is 2. The van der Waals surface area contributed by atoms with Crippen molar-refractivity contribution in [3.8, 4) is 0 Å². The van der Waals surface area contributed by atoms with Crippen LogP contribution in [0.1, 0.15) is 33.9 Å². The van der Waals surface area contributed by atoms with Gasteiger partial charge in [0.2, 0.25) is 5.91 Å². The largest absolute Gasteiger partial charge is 0.479 e. The van der Waals surface area contributed by atoms with Crippen molar-refractivity contribution in [3.63, 3.8) is 0 Å². The van der Waals surface area contributed by atoms with E-state index < -0.39 is 23.7 Å². The lowest BCUT2D eigenvalue weighted by Crippen LogP contribution is -2.34. The Morgan fingerprint density at radius 3 is 2.56 bits per heavy atom. The molecule has 2 aromatic carbocycles. The van der Waals surface area contributed by atoms with Gasteiger partial charge in [0.25, 0.3) is 5.91 Å². The number of amides is 2. The van der Waals surface area contributed by atoms with E-state index in [4.69, 9.17) is 0 Å². The van der Waals surface area contributed by atoms with Crippen molar-refractivity contribution in [2.75, 3.05) is 5.32 Å². The van der Waals surface area contributed by atoms with E-state index in [1.165, 1.54) is 6.07 Å². The SMILES string of the molecule is O=C1CCc2cc(C(=O)N[C@H](C(=O)O)c3ccccc3)c(F)cc2N1. The van der Waals surface area contributed by atoms with E-state index in [1.807, 2.05) is 0 Å². The van der Waals surface area contributed by atoms with E-state index in [1.54, 1.807) is 30.3 Å². The van der Waals surface area contributed by atoms with E-state index in [-0.39, 0.29) is 17.9 Å². The average molecular weight is 342 g/mol. The minimum atomic E-state index is -1.29. The molecule has 2 amide bonds. The molecule has 1 atom stereocenters. The number of hydrogen-bond acceptors (Lipinski definition) is 3. The number of benzene rings is 2. The summed E-state index contributed by atoms with van der Waals surface area (Å²) >= 11 is 0. The predicted octanol–water partition coefficient (Wildman–Crippen LogP) is 2.27. The summed E-state index contributed by atoms with van der Waals surface area (Å²) < 4.78 is 14.2. The predicted molar refractivity (Wildman–Crippen MR) is 87.6 cm³/mol. The summed E-state index contributed by atoms with van der Waals surface area (Å²) in [5.74, 6) is -3.10. The third-order valence-electron chi connectivity index (χ3n) is 3.99. The molecular formula is C18H15FN2O4. The fourth-order valence-corrected chi connectivity index (χ4v) is 2.72. The van der Waals surface area contributed by atoms with Crippen molar-refractivity contribution in [1.29, 1.82) is 0 Å². The van der Waals surface area contributed by atoms with Crippen LogP contribution in [0.3, 0.4) is 0 Å². The van der Waals surface area contributed by atoms with E-state index in [2.05, 4.69) is 10.6 Å². The molecule has 0 aliphatic carbocycles. The third-order valence-corrected chi connectivity index (χ3v) is 3.99. The first-order valence-corrected chi connectivity index (χ1v) is 7.66. The molecule has 3 N–H and O–H groups in total. The Labute approximate surface area is 142 Å². The van der Waals surface area contributed by atoms with Gasteiger partial charge < -0.3 is 15.7 Å². The number of carboxylic acid groups (broad SMARTS) is 1. The molecule has 2 aromatic rings. The normalized spacial score (nSPS) is 14.2. The maximum Gasteiger partial charge on any atom is 0.330 e. The average Bonchev–Trinajstić information content (AvgIpc) is 2.59. The number of hydrogen-bond donors (Lipinski definition) is 3. The van der Waals surface area contributed by atoms with Gasteiger partial charge >= 0.3 is 5.97 Å². The second kappa shape index (κ2) is 6.72. The number of halogens is 1. The zero-order valence-corrected chi connectivity index (χ0v) is 13.1. The van der Waals surface area contributed by atoms with E-state index >= 15 is 0 Å². The van der Waals surface area contributed by atoms with E-state index in [0.29, 0.717) is 23.2 Å². The minimum absolute atomic E-state index is 0.209. The third kappa shape index (κ3) is 3.50. The standard InChI is InChI=1S/C18H15FN2O4/c19-13-9-14-11(6-7-15(22)20-14)8-12(13)17(23)21-16(18(24)25)10-4-2-1-3-5-10/h1-5,8-9,16H,6-7H2,(H,20,22)(H,21,23)(H,24,25)/t16-/m0/s1. The van der Waals surface area contributed by atoms with Crippen LogP contribution in [0.5, 0.6) is 0 Å². The van der Waals surface area contributed by atoms with Crippen LogP contribution in [0, 0.1) is 5.82 Å². The molecule has 0 radical (unpaired) electrons. The molecule has 0 unspecified atom stereocenters. The van der Waals surface area contributed by atoms with Gasteiger partial charge in [0.15, 0.2) is 6.04 Å². The molecule has 0 bridgehead atoms. The maximum absolute atomic E-state index is 14.2. The van der Waals surface area contributed by atoms with Gasteiger partial charge in [0, 0.05) is 12.1 Å². The number of aryl methyl sites for hydroxylation is 1. The van der Waals surface area contributed by atoms with Gasteiger partial charge in [-0.05, 0) is 29.7 Å². The molecule has 0 aromatic heterocycles. The second-order valence-corrected chi connectivity index (χ2v) is 5.69. The number of carboxylic acids is 1. The first kappa shape index (κ1) is 16.6. The summed E-state index contributed by atoms with van der Waals surface area (Å²) in [6, 6.07) is 9.31. The Morgan fingerprint density at radius 2 is 1.88 bits per heavy atom. The minimum Gasteiger partial charge on any atom is -0.479 e. The Bertz CT molecular complexity index is 852. The summed E-state index contributed by atoms with van der Waals surface area (Å²) in [4.78, 5) is 35.2. The molecule has 6 nitrogen and oxygen atoms in total. The smallest absolute Gasteiger partial charge is 0.330 e. The highest BCUT2D eigenvalue weighted by Gasteiger charge is 2.25. The highest BCUT2D eigenvalue weighted by Crippen LogP contribution is 2.26. The van der Waals surface area contributed by atoms with E-state index in [0.717, 1.165) is 6.07 Å². The lowest BCUT2D eigenvalue weighted by molar-refractivity contribution is -0.139. The van der Waals surface area contributed by atoms with Crippen molar-refractivity contribution in [2.45, 2.75) is 18.9 Å². The molecular weight excluding hydrogens is 327 g/mol. The lowest BCUT2D eigenvalue weighted by Gasteiger charge is -2.19. The highest BCUT2D eigenvalue weighted by molar-refractivity contribution is 5.99. The number of anilines is 1. The Balaban J connectivity index is 1.88. The molecule has 1 aliphatic rings. The molecule has 0 spiro atoms. The Hall–Kier alpha value is -3.22.